The Bertz CT molecular complexity index is 727. The monoisotopic (exact) mass is 288 g/mol. The van der Waals surface area contributed by atoms with E-state index in [-0.39, 0.29) is 6.01 Å². The lowest BCUT2D eigenvalue weighted by molar-refractivity contribution is 0.394. The first-order chi connectivity index (χ1) is 9.70. The van der Waals surface area contributed by atoms with E-state index in [9.17, 15) is 0 Å². The predicted octanol–water partition coefficient (Wildman–Crippen LogP) is 3.28. The summed E-state index contributed by atoms with van der Waals surface area (Å²) in [6.45, 7) is 1.73. The zero-order valence-electron chi connectivity index (χ0n) is 10.4. The lowest BCUT2D eigenvalue weighted by Crippen LogP contribution is -1.91. The molecule has 0 bridgehead atoms. The maximum Gasteiger partial charge on any atom is 0.321 e. The van der Waals surface area contributed by atoms with Gasteiger partial charge in [0.05, 0.1) is 17.4 Å². The van der Waals surface area contributed by atoms with Gasteiger partial charge in [0.15, 0.2) is 0 Å². The first-order valence-electron chi connectivity index (χ1n) is 5.77. The van der Waals surface area contributed by atoms with Gasteiger partial charge < -0.3 is 9.26 Å². The molecule has 0 spiro atoms. The molecular formula is C13H9ClN4O2. The molecule has 0 radical (unpaired) electrons. The molecular weight excluding hydrogens is 280 g/mol. The Kier molecular flexibility index (Phi) is 3.30. The third kappa shape index (κ3) is 2.75. The third-order valence-corrected chi connectivity index (χ3v) is 2.62. The molecule has 20 heavy (non-hydrogen) atoms. The van der Waals surface area contributed by atoms with Crippen LogP contribution in [0.2, 0.25) is 5.02 Å². The molecule has 0 fully saturated rings. The van der Waals surface area contributed by atoms with Crippen molar-refractivity contribution in [1.29, 1.82) is 0 Å². The number of hydrogen-bond acceptors (Lipinski definition) is 6. The Balaban J connectivity index is 1.86. The fourth-order valence-corrected chi connectivity index (χ4v) is 1.67. The van der Waals surface area contributed by atoms with E-state index in [1.807, 2.05) is 12.1 Å². The van der Waals surface area contributed by atoms with Gasteiger partial charge in [0.25, 0.3) is 0 Å². The molecule has 6 nitrogen and oxygen atoms in total. The summed E-state index contributed by atoms with van der Waals surface area (Å²) >= 11 is 5.71. The molecule has 0 unspecified atom stereocenters. The Morgan fingerprint density at radius 2 is 2.00 bits per heavy atom. The van der Waals surface area contributed by atoms with Gasteiger partial charge in [-0.1, -0.05) is 28.9 Å². The van der Waals surface area contributed by atoms with Crippen molar-refractivity contribution in [3.63, 3.8) is 0 Å². The number of halogens is 1. The average Bonchev–Trinajstić information content (AvgIpc) is 2.89. The van der Waals surface area contributed by atoms with Crippen LogP contribution in [-0.4, -0.2) is 20.1 Å². The smallest absolute Gasteiger partial charge is 0.321 e. The lowest BCUT2D eigenvalue weighted by atomic mass is 10.2. The van der Waals surface area contributed by atoms with Crippen molar-refractivity contribution in [2.24, 2.45) is 0 Å². The van der Waals surface area contributed by atoms with E-state index in [0.717, 1.165) is 5.56 Å². The van der Waals surface area contributed by atoms with Gasteiger partial charge in [-0.25, -0.2) is 9.97 Å². The molecule has 100 valence electrons. The predicted molar refractivity (Wildman–Crippen MR) is 71.6 cm³/mol. The zero-order valence-corrected chi connectivity index (χ0v) is 11.2. The van der Waals surface area contributed by atoms with Crippen molar-refractivity contribution in [3.8, 4) is 23.1 Å². The number of aromatic nitrogens is 4. The van der Waals surface area contributed by atoms with E-state index < -0.39 is 0 Å². The molecule has 0 saturated heterocycles. The van der Waals surface area contributed by atoms with Gasteiger partial charge in [0, 0.05) is 12.5 Å². The SMILES string of the molecule is Cc1nc(-c2cccc(Oc3ncc(Cl)cn3)c2)no1. The summed E-state index contributed by atoms with van der Waals surface area (Å²) in [5, 5.41) is 4.31. The van der Waals surface area contributed by atoms with E-state index in [1.54, 1.807) is 19.1 Å². The maximum atomic E-state index is 5.71. The number of aryl methyl sites for hydroxylation is 1. The van der Waals surface area contributed by atoms with Crippen LogP contribution in [0, 0.1) is 6.92 Å². The summed E-state index contributed by atoms with van der Waals surface area (Å²) in [4.78, 5) is 12.1. The fraction of sp³-hybridized carbons (Fsp3) is 0.0769. The van der Waals surface area contributed by atoms with Gasteiger partial charge in [-0.2, -0.15) is 4.98 Å². The van der Waals surface area contributed by atoms with E-state index >= 15 is 0 Å². The minimum Gasteiger partial charge on any atom is -0.424 e. The molecule has 3 aromatic rings. The standard InChI is InChI=1S/C13H9ClN4O2/c1-8-17-12(18-20-8)9-3-2-4-11(5-9)19-13-15-6-10(14)7-16-13/h2-7H,1H3. The van der Waals surface area contributed by atoms with Gasteiger partial charge >= 0.3 is 6.01 Å². The summed E-state index contributed by atoms with van der Waals surface area (Å²) in [6.07, 6.45) is 2.94. The number of hydrogen-bond donors (Lipinski definition) is 0. The molecule has 0 N–H and O–H groups in total. The van der Waals surface area contributed by atoms with Gasteiger partial charge in [-0.15, -0.1) is 0 Å². The van der Waals surface area contributed by atoms with Crippen molar-refractivity contribution < 1.29 is 9.26 Å². The molecule has 2 heterocycles. The maximum absolute atomic E-state index is 5.71. The van der Waals surface area contributed by atoms with Crippen LogP contribution in [0.1, 0.15) is 5.89 Å². The van der Waals surface area contributed by atoms with Crippen molar-refractivity contribution in [2.45, 2.75) is 6.92 Å². The number of ether oxygens (including phenoxy) is 1. The van der Waals surface area contributed by atoms with E-state index in [2.05, 4.69) is 20.1 Å². The normalized spacial score (nSPS) is 10.5. The van der Waals surface area contributed by atoms with Crippen LogP contribution < -0.4 is 4.74 Å². The Morgan fingerprint density at radius 1 is 1.20 bits per heavy atom. The quantitative estimate of drug-likeness (QED) is 0.736. The molecule has 3 rings (SSSR count). The average molecular weight is 289 g/mol. The largest absolute Gasteiger partial charge is 0.424 e. The second kappa shape index (κ2) is 5.26. The summed E-state index contributed by atoms with van der Waals surface area (Å²) < 4.78 is 10.5. The highest BCUT2D eigenvalue weighted by atomic mass is 35.5. The molecule has 2 aromatic heterocycles. The van der Waals surface area contributed by atoms with Crippen LogP contribution in [0.15, 0.2) is 41.2 Å². The van der Waals surface area contributed by atoms with Gasteiger partial charge in [0.2, 0.25) is 11.7 Å². The Morgan fingerprint density at radius 3 is 2.70 bits per heavy atom. The Labute approximate surface area is 119 Å². The lowest BCUT2D eigenvalue weighted by Gasteiger charge is -2.04. The minimum absolute atomic E-state index is 0.218. The molecule has 0 amide bonds. The molecule has 0 aliphatic carbocycles. The first-order valence-corrected chi connectivity index (χ1v) is 6.15. The van der Waals surface area contributed by atoms with Crippen molar-refractivity contribution in [3.05, 3.63) is 47.6 Å². The van der Waals surface area contributed by atoms with E-state index in [0.29, 0.717) is 22.5 Å². The second-order valence-electron chi connectivity index (χ2n) is 3.95. The van der Waals surface area contributed by atoms with Gasteiger partial charge in [0.1, 0.15) is 5.75 Å². The highest BCUT2D eigenvalue weighted by Crippen LogP contribution is 2.24. The topological polar surface area (TPSA) is 73.9 Å². The highest BCUT2D eigenvalue weighted by molar-refractivity contribution is 6.30. The van der Waals surface area contributed by atoms with Crippen LogP contribution in [0.3, 0.4) is 0 Å². The highest BCUT2D eigenvalue weighted by Gasteiger charge is 2.07. The molecule has 0 aliphatic heterocycles. The second-order valence-corrected chi connectivity index (χ2v) is 4.39. The van der Waals surface area contributed by atoms with E-state index in [4.69, 9.17) is 20.9 Å². The van der Waals surface area contributed by atoms with Crippen molar-refractivity contribution in [2.75, 3.05) is 0 Å². The molecule has 0 saturated carbocycles. The van der Waals surface area contributed by atoms with Crippen LogP contribution in [0.4, 0.5) is 0 Å². The van der Waals surface area contributed by atoms with Crippen LogP contribution in [0.5, 0.6) is 11.8 Å². The summed E-state index contributed by atoms with van der Waals surface area (Å²) in [5.74, 6) is 1.59. The molecule has 0 aliphatic rings. The van der Waals surface area contributed by atoms with Crippen LogP contribution in [-0.2, 0) is 0 Å². The third-order valence-electron chi connectivity index (χ3n) is 2.43. The first kappa shape index (κ1) is 12.6. The van der Waals surface area contributed by atoms with Crippen molar-refractivity contribution in [1.82, 2.24) is 20.1 Å². The molecule has 7 heteroatoms. The van der Waals surface area contributed by atoms with Crippen LogP contribution in [0.25, 0.3) is 11.4 Å². The van der Waals surface area contributed by atoms with E-state index in [1.165, 1.54) is 12.4 Å². The van der Waals surface area contributed by atoms with Crippen LogP contribution >= 0.6 is 11.6 Å². The zero-order chi connectivity index (χ0) is 13.9. The summed E-state index contributed by atoms with van der Waals surface area (Å²) in [6, 6.07) is 7.47. The number of nitrogens with zero attached hydrogens (tertiary/aromatic N) is 4. The minimum atomic E-state index is 0.218. The number of rotatable bonds is 3. The van der Waals surface area contributed by atoms with Gasteiger partial charge in [-0.05, 0) is 12.1 Å². The fourth-order valence-electron chi connectivity index (χ4n) is 1.57. The summed E-state index contributed by atoms with van der Waals surface area (Å²) in [7, 11) is 0. The molecule has 1 aromatic carbocycles. The summed E-state index contributed by atoms with van der Waals surface area (Å²) in [5.41, 5.74) is 0.785. The molecule has 0 atom stereocenters. The Hall–Kier alpha value is -2.47. The van der Waals surface area contributed by atoms with Crippen molar-refractivity contribution >= 4 is 11.6 Å². The number of benzene rings is 1. The van der Waals surface area contributed by atoms with Gasteiger partial charge in [-0.3, -0.25) is 0 Å².